The third-order valence-electron chi connectivity index (χ3n) is 8.70. The maximum Gasteiger partial charge on any atom is 0.127 e. The predicted octanol–water partition coefficient (Wildman–Crippen LogP) is 8.59. The fourth-order valence-corrected chi connectivity index (χ4v) is 11.9. The molecular weight excluding hydrogens is 598 g/mol. The van der Waals surface area contributed by atoms with Gasteiger partial charge >= 0.3 is 0 Å². The zero-order valence-electron chi connectivity index (χ0n) is 26.2. The Morgan fingerprint density at radius 3 is 1.59 bits per heavy atom. The largest absolute Gasteiger partial charge is 0.493 e. The lowest BCUT2D eigenvalue weighted by Gasteiger charge is -2.36. The van der Waals surface area contributed by atoms with Crippen molar-refractivity contribution >= 4 is 47.9 Å². The van der Waals surface area contributed by atoms with E-state index in [1.807, 2.05) is 0 Å². The highest BCUT2D eigenvalue weighted by Crippen LogP contribution is 2.53. The molecule has 0 saturated carbocycles. The molecule has 230 valence electrons. The van der Waals surface area contributed by atoms with Crippen molar-refractivity contribution in [3.05, 3.63) is 163 Å². The van der Waals surface area contributed by atoms with Crippen LogP contribution < -0.4 is 31.3 Å². The van der Waals surface area contributed by atoms with E-state index < -0.39 is 15.8 Å². The normalized spacial score (nSPS) is 16.9. The van der Waals surface area contributed by atoms with Gasteiger partial charge in [0.15, 0.2) is 0 Å². The maximum absolute atomic E-state index is 6.83. The van der Waals surface area contributed by atoms with Crippen LogP contribution in [0.1, 0.15) is 37.7 Å². The molecule has 0 spiro atoms. The predicted molar refractivity (Wildman–Crippen MR) is 199 cm³/mol. The first-order chi connectivity index (χ1) is 22.9. The van der Waals surface area contributed by atoms with Gasteiger partial charge in [0.2, 0.25) is 0 Å². The van der Waals surface area contributed by atoms with Crippen molar-refractivity contribution < 1.29 is 9.47 Å². The molecule has 0 bridgehead atoms. The van der Waals surface area contributed by atoms with Crippen LogP contribution in [0.5, 0.6) is 5.75 Å². The lowest BCUT2D eigenvalue weighted by atomic mass is 9.94. The van der Waals surface area contributed by atoms with Gasteiger partial charge in [-0.1, -0.05) is 140 Å². The number of hydrogen-bond donors (Lipinski definition) is 0. The van der Waals surface area contributed by atoms with Crippen LogP contribution in [-0.4, -0.2) is 18.9 Å². The van der Waals surface area contributed by atoms with E-state index in [2.05, 4.69) is 152 Å². The van der Waals surface area contributed by atoms with Crippen molar-refractivity contribution in [2.45, 2.75) is 37.8 Å². The first-order valence-corrected chi connectivity index (χ1v) is 19.2. The highest BCUT2D eigenvalue weighted by Gasteiger charge is 2.36. The molecule has 0 saturated heterocycles. The summed E-state index contributed by atoms with van der Waals surface area (Å²) >= 11 is 0. The van der Waals surface area contributed by atoms with Crippen molar-refractivity contribution in [1.82, 2.24) is 0 Å². The Kier molecular flexibility index (Phi) is 10.1. The highest BCUT2D eigenvalue weighted by molar-refractivity contribution is 7.80. The summed E-state index contributed by atoms with van der Waals surface area (Å²) in [4.78, 5) is 0. The average Bonchev–Trinajstić information content (AvgIpc) is 3.11. The van der Waals surface area contributed by atoms with E-state index >= 15 is 0 Å². The van der Waals surface area contributed by atoms with Crippen LogP contribution in [0.4, 0.5) is 0 Å². The minimum Gasteiger partial charge on any atom is -0.493 e. The van der Waals surface area contributed by atoms with Gasteiger partial charge in [0.05, 0.1) is 13.2 Å². The third kappa shape index (κ3) is 6.76. The number of fused-ring (bicyclic) bond motifs is 2. The molecule has 0 radical (unpaired) electrons. The van der Waals surface area contributed by atoms with Gasteiger partial charge in [0.25, 0.3) is 0 Å². The Morgan fingerprint density at radius 2 is 1.02 bits per heavy atom. The van der Waals surface area contributed by atoms with E-state index in [1.165, 1.54) is 37.7 Å². The van der Waals surface area contributed by atoms with E-state index in [-0.39, 0.29) is 5.66 Å². The molecule has 0 aromatic heterocycles. The second kappa shape index (κ2) is 15.1. The van der Waals surface area contributed by atoms with E-state index in [0.717, 1.165) is 56.8 Å². The van der Waals surface area contributed by atoms with Crippen LogP contribution in [0.3, 0.4) is 0 Å². The Hall–Kier alpha value is -3.96. The van der Waals surface area contributed by atoms with Gasteiger partial charge < -0.3 is 9.47 Å². The Balaban J connectivity index is 1.50. The van der Waals surface area contributed by atoms with Gasteiger partial charge in [0.1, 0.15) is 11.5 Å². The van der Waals surface area contributed by atoms with Crippen molar-refractivity contribution in [3.8, 4) is 5.75 Å². The molecule has 1 atom stereocenters. The zero-order chi connectivity index (χ0) is 31.0. The van der Waals surface area contributed by atoms with Gasteiger partial charge in [-0.05, 0) is 86.6 Å². The number of ether oxygens (including phenoxy) is 2. The monoisotopic (exact) mass is 638 g/mol. The first kappa shape index (κ1) is 30.7. The summed E-state index contributed by atoms with van der Waals surface area (Å²) in [5.41, 5.74) is 2.74. The van der Waals surface area contributed by atoms with Crippen LogP contribution in [-0.2, 0) is 4.74 Å². The minimum absolute atomic E-state index is 0.217. The summed E-state index contributed by atoms with van der Waals surface area (Å²) in [7, 11) is -1.64. The molecule has 7 rings (SSSR count). The summed E-state index contributed by atoms with van der Waals surface area (Å²) in [5.74, 6) is 1.98. The summed E-state index contributed by atoms with van der Waals surface area (Å²) in [6, 6.07) is 51.1. The van der Waals surface area contributed by atoms with E-state index in [0.29, 0.717) is 0 Å². The van der Waals surface area contributed by atoms with Crippen LogP contribution in [0.15, 0.2) is 157 Å². The van der Waals surface area contributed by atoms with E-state index in [1.54, 1.807) is 0 Å². The molecular formula is C42H40O2P2. The molecule has 0 amide bonds. The van der Waals surface area contributed by atoms with Crippen LogP contribution in [0.2, 0.25) is 0 Å². The van der Waals surface area contributed by atoms with Gasteiger partial charge in [-0.25, -0.2) is 0 Å². The zero-order valence-corrected chi connectivity index (χ0v) is 28.0. The smallest absolute Gasteiger partial charge is 0.127 e. The Labute approximate surface area is 276 Å². The minimum atomic E-state index is -0.874. The fraction of sp³-hybridized carbons (Fsp3) is 0.190. The van der Waals surface area contributed by atoms with E-state index in [9.17, 15) is 0 Å². The van der Waals surface area contributed by atoms with Crippen molar-refractivity contribution in [1.29, 1.82) is 0 Å². The number of allylic oxidation sites excluding steroid dienone is 3. The number of hydrogen-bond acceptors (Lipinski definition) is 2. The molecule has 1 heterocycles. The van der Waals surface area contributed by atoms with Crippen molar-refractivity contribution in [3.63, 3.8) is 0 Å². The Bertz CT molecular complexity index is 1690. The van der Waals surface area contributed by atoms with Gasteiger partial charge in [0, 0.05) is 16.8 Å². The topological polar surface area (TPSA) is 18.5 Å². The number of rotatable bonds is 6. The second-order valence-corrected chi connectivity index (χ2v) is 16.3. The average molecular weight is 639 g/mol. The molecule has 0 fully saturated rings. The highest BCUT2D eigenvalue weighted by atomic mass is 31.1. The second-order valence-electron chi connectivity index (χ2n) is 11.7. The van der Waals surface area contributed by atoms with Gasteiger partial charge in [-0.15, -0.1) is 0 Å². The first-order valence-electron chi connectivity index (χ1n) is 16.5. The van der Waals surface area contributed by atoms with Crippen LogP contribution >= 0.6 is 15.8 Å². The molecule has 0 N–H and O–H groups in total. The van der Waals surface area contributed by atoms with Gasteiger partial charge in [-0.2, -0.15) is 0 Å². The van der Waals surface area contributed by atoms with Crippen molar-refractivity contribution in [2.75, 3.05) is 13.2 Å². The molecule has 5 aromatic rings. The molecule has 5 aromatic carbocycles. The molecule has 1 aliphatic carbocycles. The third-order valence-corrected chi connectivity index (χ3v) is 14.0. The SMILES string of the molecule is C1=CC2=C(c3c(cccc3P(c3ccccc3)c3ccccc3)OCCCCCCO2)[C@@H](P(c2ccccc2)c2ccccc2)C1. The summed E-state index contributed by atoms with van der Waals surface area (Å²) in [6.45, 7) is 1.45. The lowest BCUT2D eigenvalue weighted by molar-refractivity contribution is 0.214. The summed E-state index contributed by atoms with van der Waals surface area (Å²) < 4.78 is 13.6. The van der Waals surface area contributed by atoms with Crippen molar-refractivity contribution in [2.24, 2.45) is 0 Å². The summed E-state index contributed by atoms with van der Waals surface area (Å²) in [5, 5.41) is 6.77. The molecule has 4 heteroatoms. The number of benzene rings is 5. The Morgan fingerprint density at radius 1 is 0.500 bits per heavy atom. The quantitative estimate of drug-likeness (QED) is 0.174. The van der Waals surface area contributed by atoms with Gasteiger partial charge in [-0.3, -0.25) is 0 Å². The van der Waals surface area contributed by atoms with E-state index in [4.69, 9.17) is 9.47 Å². The molecule has 1 aliphatic heterocycles. The molecule has 46 heavy (non-hydrogen) atoms. The standard InChI is InChI=1S/C42H40O2P2/c1-2-16-32-44-38-28-18-30-40(46(35-23-11-5-12-24-35)36-25-13-6-14-26-36)42(38)41-37(43-31-15-1)27-17-29-39(41)45(33-19-7-3-8-20-33)34-21-9-4-10-22-34/h3-14,17-29,40H,1-2,15-16,30-32H2/t40-/m0/s1. The fourth-order valence-electron chi connectivity index (χ4n) is 6.61. The molecule has 0 unspecified atom stereocenters. The van der Waals surface area contributed by atoms with Crippen LogP contribution in [0, 0.1) is 0 Å². The maximum atomic E-state index is 6.83. The molecule has 2 aliphatic rings. The lowest BCUT2D eigenvalue weighted by Crippen LogP contribution is -2.29. The van der Waals surface area contributed by atoms with Crippen LogP contribution in [0.25, 0.3) is 5.57 Å². The summed E-state index contributed by atoms with van der Waals surface area (Å²) in [6.07, 6.45) is 9.94. The molecule has 2 nitrogen and oxygen atoms in total.